The highest BCUT2D eigenvalue weighted by Gasteiger charge is 2.52. The molecule has 0 saturated carbocycles. The molecule has 31 heavy (non-hydrogen) atoms. The van der Waals surface area contributed by atoms with Gasteiger partial charge in [-0.05, 0) is 31.7 Å². The van der Waals surface area contributed by atoms with E-state index in [2.05, 4.69) is 57.2 Å². The summed E-state index contributed by atoms with van der Waals surface area (Å²) in [7, 11) is 3.74. The van der Waals surface area contributed by atoms with Crippen LogP contribution in [0.5, 0.6) is 0 Å². The third-order valence-electron chi connectivity index (χ3n) is 7.67. The molecule has 4 atom stereocenters. The van der Waals surface area contributed by atoms with E-state index < -0.39 is 5.72 Å². The standard InChI is InChI=1S/C24H24N4O3/c1-24-22(30-3)15(25-2)10-17(31-24)28-16-7-5-4-6-13(16)18-19-14(11-26-23(19)29)12-8-9-27(24)20(12)21(18)28/h4-9,15,17,22,25H,10-11H2,1-3H3,(H,26,29)/t15-,17?,22-,24?/m1/s1. The molecule has 5 heterocycles. The molecule has 7 rings (SSSR count). The summed E-state index contributed by atoms with van der Waals surface area (Å²) >= 11 is 0. The van der Waals surface area contributed by atoms with Gasteiger partial charge < -0.3 is 29.2 Å². The molecule has 7 heteroatoms. The Hall–Kier alpha value is -2.87. The summed E-state index contributed by atoms with van der Waals surface area (Å²) in [5.41, 5.74) is 4.49. The lowest BCUT2D eigenvalue weighted by atomic mass is 9.93. The van der Waals surface area contributed by atoms with E-state index in [9.17, 15) is 4.79 Å². The largest absolute Gasteiger partial charge is 0.375 e. The molecule has 0 aliphatic carbocycles. The summed E-state index contributed by atoms with van der Waals surface area (Å²) in [6.45, 7) is 2.67. The van der Waals surface area contributed by atoms with E-state index in [-0.39, 0.29) is 24.3 Å². The molecular weight excluding hydrogens is 392 g/mol. The normalized spacial score (nSPS) is 29.1. The number of nitrogens with zero attached hydrogens (tertiary/aromatic N) is 2. The minimum Gasteiger partial charge on any atom is -0.375 e. The molecule has 2 bridgehead atoms. The number of carbonyl (C=O) groups excluding carboxylic acids is 1. The maximum absolute atomic E-state index is 13.0. The number of hydrogen-bond donors (Lipinski definition) is 2. The van der Waals surface area contributed by atoms with E-state index in [0.29, 0.717) is 6.54 Å². The molecule has 2 unspecified atom stereocenters. The van der Waals surface area contributed by atoms with E-state index >= 15 is 0 Å². The van der Waals surface area contributed by atoms with Crippen molar-refractivity contribution in [2.24, 2.45) is 0 Å². The molecular formula is C24H24N4O3. The van der Waals surface area contributed by atoms with Crippen molar-refractivity contribution in [3.8, 4) is 0 Å². The SMILES string of the molecule is CN[C@@H]1CC2OC(C)([C@@H]1OC)n1ccc3c4c(c5c6ccccc6n2c5c31)C(=O)NC4. The fourth-order valence-corrected chi connectivity index (χ4v) is 6.42. The van der Waals surface area contributed by atoms with Crippen LogP contribution in [0.25, 0.3) is 32.7 Å². The van der Waals surface area contributed by atoms with E-state index in [4.69, 9.17) is 9.47 Å². The molecule has 1 amide bonds. The monoisotopic (exact) mass is 416 g/mol. The van der Waals surface area contributed by atoms with Crippen LogP contribution in [0.15, 0.2) is 36.5 Å². The van der Waals surface area contributed by atoms with Gasteiger partial charge in [0.15, 0.2) is 5.72 Å². The highest BCUT2D eigenvalue weighted by Crippen LogP contribution is 2.51. The first-order valence-electron chi connectivity index (χ1n) is 10.8. The zero-order valence-electron chi connectivity index (χ0n) is 17.7. The van der Waals surface area contributed by atoms with Crippen LogP contribution in [0.1, 0.15) is 35.5 Å². The smallest absolute Gasteiger partial charge is 0.252 e. The number of nitrogens with one attached hydrogen (secondary N) is 2. The van der Waals surface area contributed by atoms with Crippen molar-refractivity contribution in [3.63, 3.8) is 0 Å². The molecule has 2 aromatic heterocycles. The van der Waals surface area contributed by atoms with Gasteiger partial charge in [0, 0.05) is 48.5 Å². The lowest BCUT2D eigenvalue weighted by Crippen LogP contribution is -2.59. The van der Waals surface area contributed by atoms with Crippen LogP contribution in [0.4, 0.5) is 0 Å². The van der Waals surface area contributed by atoms with Gasteiger partial charge in [0.2, 0.25) is 0 Å². The lowest BCUT2D eigenvalue weighted by molar-refractivity contribution is -0.257. The summed E-state index contributed by atoms with van der Waals surface area (Å²) in [4.78, 5) is 13.0. The molecule has 1 saturated heterocycles. The second kappa shape index (κ2) is 5.68. The van der Waals surface area contributed by atoms with Gasteiger partial charge in [-0.25, -0.2) is 0 Å². The number of carbonyl (C=O) groups is 1. The number of rotatable bonds is 2. The maximum atomic E-state index is 13.0. The number of para-hydroxylation sites is 1. The predicted octanol–water partition coefficient (Wildman–Crippen LogP) is 3.20. The van der Waals surface area contributed by atoms with E-state index in [1.165, 1.54) is 0 Å². The fourth-order valence-electron chi connectivity index (χ4n) is 6.42. The third-order valence-corrected chi connectivity index (χ3v) is 7.67. The number of benzene rings is 2. The van der Waals surface area contributed by atoms with Crippen molar-refractivity contribution < 1.29 is 14.3 Å². The van der Waals surface area contributed by atoms with Crippen LogP contribution in [-0.2, 0) is 21.7 Å². The van der Waals surface area contributed by atoms with Gasteiger partial charge in [0.05, 0.1) is 22.1 Å². The Balaban J connectivity index is 1.75. The zero-order chi connectivity index (χ0) is 21.1. The van der Waals surface area contributed by atoms with Crippen LogP contribution < -0.4 is 10.6 Å². The summed E-state index contributed by atoms with van der Waals surface area (Å²) < 4.78 is 17.5. The molecule has 1 fully saturated rings. The van der Waals surface area contributed by atoms with Crippen LogP contribution in [-0.4, -0.2) is 41.3 Å². The number of fused-ring (bicyclic) bond motifs is 10. The summed E-state index contributed by atoms with van der Waals surface area (Å²) in [5, 5.41) is 9.77. The van der Waals surface area contributed by atoms with Gasteiger partial charge in [-0.3, -0.25) is 4.79 Å². The van der Waals surface area contributed by atoms with Gasteiger partial charge in [0.1, 0.15) is 12.3 Å². The van der Waals surface area contributed by atoms with Gasteiger partial charge in [-0.2, -0.15) is 0 Å². The topological polar surface area (TPSA) is 69.5 Å². The number of hydrogen-bond acceptors (Lipinski definition) is 4. The summed E-state index contributed by atoms with van der Waals surface area (Å²) in [6.07, 6.45) is 2.53. The second-order valence-corrected chi connectivity index (χ2v) is 9.01. The van der Waals surface area contributed by atoms with E-state index in [0.717, 1.165) is 50.3 Å². The van der Waals surface area contributed by atoms with E-state index in [1.54, 1.807) is 7.11 Å². The minimum atomic E-state index is -0.690. The average Bonchev–Trinajstić information content (AvgIpc) is 3.45. The molecule has 2 N–H and O–H groups in total. The van der Waals surface area contributed by atoms with Gasteiger partial charge in [-0.1, -0.05) is 18.2 Å². The fraction of sp³-hybridized carbons (Fsp3) is 0.375. The van der Waals surface area contributed by atoms with Crippen LogP contribution in [0.2, 0.25) is 0 Å². The highest BCUT2D eigenvalue weighted by molar-refractivity contribution is 6.27. The van der Waals surface area contributed by atoms with Crippen molar-refractivity contribution >= 4 is 38.6 Å². The Morgan fingerprint density at radius 1 is 1.23 bits per heavy atom. The number of likely N-dealkylation sites (N-methyl/N-ethyl adjacent to an activating group) is 1. The first-order valence-corrected chi connectivity index (χ1v) is 10.8. The predicted molar refractivity (Wildman–Crippen MR) is 118 cm³/mol. The number of aromatic nitrogens is 2. The first kappa shape index (κ1) is 17.8. The second-order valence-electron chi connectivity index (χ2n) is 9.01. The van der Waals surface area contributed by atoms with Gasteiger partial charge in [0.25, 0.3) is 5.91 Å². The summed E-state index contributed by atoms with van der Waals surface area (Å²) in [6, 6.07) is 10.6. The Bertz CT molecular complexity index is 1430. The molecule has 2 aromatic carbocycles. The van der Waals surface area contributed by atoms with E-state index in [1.807, 2.05) is 13.1 Å². The third kappa shape index (κ3) is 1.89. The Morgan fingerprint density at radius 3 is 2.87 bits per heavy atom. The van der Waals surface area contributed by atoms with Gasteiger partial charge >= 0.3 is 0 Å². The Kier molecular flexibility index (Phi) is 3.25. The van der Waals surface area contributed by atoms with Crippen LogP contribution in [0, 0.1) is 0 Å². The lowest BCUT2D eigenvalue weighted by Gasteiger charge is -2.48. The first-order chi connectivity index (χ1) is 15.1. The van der Waals surface area contributed by atoms with Crippen molar-refractivity contribution in [1.82, 2.24) is 19.8 Å². The molecule has 3 aliphatic heterocycles. The zero-order valence-corrected chi connectivity index (χ0v) is 17.7. The molecule has 158 valence electrons. The Labute approximate surface area is 178 Å². The van der Waals surface area contributed by atoms with Crippen molar-refractivity contribution in [2.75, 3.05) is 14.2 Å². The molecule has 4 aromatic rings. The van der Waals surface area contributed by atoms with Crippen molar-refractivity contribution in [1.29, 1.82) is 0 Å². The Morgan fingerprint density at radius 2 is 2.06 bits per heavy atom. The number of methoxy groups -OCH3 is 1. The molecule has 3 aliphatic rings. The van der Waals surface area contributed by atoms with Gasteiger partial charge in [-0.15, -0.1) is 0 Å². The maximum Gasteiger partial charge on any atom is 0.252 e. The molecule has 0 spiro atoms. The minimum absolute atomic E-state index is 0.00905. The molecule has 7 nitrogen and oxygen atoms in total. The highest BCUT2D eigenvalue weighted by atomic mass is 16.6. The quantitative estimate of drug-likeness (QED) is 0.527. The molecule has 0 radical (unpaired) electrons. The van der Waals surface area contributed by atoms with Crippen molar-refractivity contribution in [3.05, 3.63) is 47.7 Å². The number of ether oxygens (including phenoxy) is 2. The number of amides is 1. The summed E-state index contributed by atoms with van der Waals surface area (Å²) in [5.74, 6) is 0.00905. The van der Waals surface area contributed by atoms with Crippen LogP contribution >= 0.6 is 0 Å². The van der Waals surface area contributed by atoms with Crippen molar-refractivity contribution in [2.45, 2.75) is 44.0 Å². The van der Waals surface area contributed by atoms with Crippen LogP contribution in [0.3, 0.4) is 0 Å². The average molecular weight is 416 g/mol.